The van der Waals surface area contributed by atoms with Crippen LogP contribution >= 0.6 is 0 Å². The molecule has 0 radical (unpaired) electrons. The molecule has 1 amide bonds. The molecule has 1 aromatic heterocycles. The molecule has 2 heterocycles. The van der Waals surface area contributed by atoms with E-state index in [9.17, 15) is 9.59 Å². The average molecular weight is 621 g/mol. The third-order valence-electron chi connectivity index (χ3n) is 8.31. The number of carbonyl (C=O) groups is 2. The maximum atomic E-state index is 14.2. The molecule has 242 valence electrons. The first-order valence-corrected chi connectivity index (χ1v) is 15.3. The summed E-state index contributed by atoms with van der Waals surface area (Å²) in [4.78, 5) is 34.0. The predicted octanol–water partition coefficient (Wildman–Crippen LogP) is 5.92. The Morgan fingerprint density at radius 3 is 2.18 bits per heavy atom. The van der Waals surface area contributed by atoms with Crippen LogP contribution in [0, 0.1) is 0 Å². The van der Waals surface area contributed by atoms with E-state index in [0.29, 0.717) is 61.0 Å². The van der Waals surface area contributed by atoms with Gasteiger partial charge in [0.25, 0.3) is 0 Å². The lowest BCUT2D eigenvalue weighted by Crippen LogP contribution is -2.50. The molecule has 3 aromatic rings. The second-order valence-electron chi connectivity index (χ2n) is 10.9. The quantitative estimate of drug-likeness (QED) is 0.203. The number of aryl methyl sites for hydroxylation is 1. The summed E-state index contributed by atoms with van der Waals surface area (Å²) in [6, 6.07) is 12.4. The number of aromatic nitrogens is 1. The first-order chi connectivity index (χ1) is 21.9. The third kappa shape index (κ3) is 7.79. The van der Waals surface area contributed by atoms with Crippen LogP contribution in [0.25, 0.3) is 0 Å². The van der Waals surface area contributed by atoms with Crippen molar-refractivity contribution < 1.29 is 38.0 Å². The summed E-state index contributed by atoms with van der Waals surface area (Å²) in [6.45, 7) is 2.43. The van der Waals surface area contributed by atoms with Gasteiger partial charge in [-0.2, -0.15) is 0 Å². The van der Waals surface area contributed by atoms with Crippen LogP contribution in [-0.2, 0) is 20.7 Å². The van der Waals surface area contributed by atoms with Crippen molar-refractivity contribution in [3.63, 3.8) is 0 Å². The van der Waals surface area contributed by atoms with Crippen molar-refractivity contribution in [2.45, 2.75) is 63.5 Å². The van der Waals surface area contributed by atoms with Crippen LogP contribution in [-0.4, -0.2) is 69.9 Å². The van der Waals surface area contributed by atoms with Crippen LogP contribution in [0.4, 0.5) is 0 Å². The fraction of sp³-hybridized carbons (Fsp3) is 0.457. The maximum absolute atomic E-state index is 14.2. The van der Waals surface area contributed by atoms with Gasteiger partial charge in [0.15, 0.2) is 23.0 Å². The third-order valence-corrected chi connectivity index (χ3v) is 8.31. The van der Waals surface area contributed by atoms with Gasteiger partial charge in [0.05, 0.1) is 41.5 Å². The summed E-state index contributed by atoms with van der Waals surface area (Å²) >= 11 is 0. The molecule has 2 aromatic carbocycles. The molecular formula is C35H44N2O8. The molecule has 0 spiro atoms. The van der Waals surface area contributed by atoms with Crippen molar-refractivity contribution in [1.82, 2.24) is 9.88 Å². The van der Waals surface area contributed by atoms with Crippen LogP contribution < -0.4 is 23.7 Å². The molecule has 10 nitrogen and oxygen atoms in total. The highest BCUT2D eigenvalue weighted by Gasteiger charge is 2.38. The van der Waals surface area contributed by atoms with Crippen LogP contribution in [0.3, 0.4) is 0 Å². The fourth-order valence-corrected chi connectivity index (χ4v) is 5.91. The van der Waals surface area contributed by atoms with Crippen molar-refractivity contribution in [2.24, 2.45) is 0 Å². The smallest absolute Gasteiger partial charge is 0.329 e. The van der Waals surface area contributed by atoms with Crippen LogP contribution in [0.15, 0.2) is 54.9 Å². The Bertz CT molecular complexity index is 1410. The number of methoxy groups -OCH3 is 5. The Balaban J connectivity index is 1.56. The molecule has 1 aliphatic heterocycles. The molecule has 3 atom stereocenters. The van der Waals surface area contributed by atoms with Gasteiger partial charge in [-0.1, -0.05) is 19.1 Å². The summed E-state index contributed by atoms with van der Waals surface area (Å²) in [5.74, 6) is 1.64. The predicted molar refractivity (Wildman–Crippen MR) is 169 cm³/mol. The number of amides is 1. The molecule has 45 heavy (non-hydrogen) atoms. The Morgan fingerprint density at radius 1 is 0.867 bits per heavy atom. The Kier molecular flexibility index (Phi) is 11.9. The average Bonchev–Trinajstić information content (AvgIpc) is 3.09. The van der Waals surface area contributed by atoms with Gasteiger partial charge in [0, 0.05) is 24.5 Å². The van der Waals surface area contributed by atoms with E-state index < -0.39 is 24.0 Å². The Labute approximate surface area is 265 Å². The highest BCUT2D eigenvalue weighted by atomic mass is 16.5. The van der Waals surface area contributed by atoms with E-state index in [-0.39, 0.29) is 5.91 Å². The maximum Gasteiger partial charge on any atom is 0.329 e. The van der Waals surface area contributed by atoms with Gasteiger partial charge in [-0.05, 0) is 80.0 Å². The summed E-state index contributed by atoms with van der Waals surface area (Å²) in [7, 11) is 7.83. The lowest BCUT2D eigenvalue weighted by atomic mass is 9.91. The second-order valence-corrected chi connectivity index (χ2v) is 10.9. The summed E-state index contributed by atoms with van der Waals surface area (Å²) in [6.07, 6.45) is 6.71. The highest BCUT2D eigenvalue weighted by Crippen LogP contribution is 2.41. The molecule has 1 unspecified atom stereocenters. The van der Waals surface area contributed by atoms with Gasteiger partial charge in [-0.15, -0.1) is 0 Å². The number of esters is 1. The summed E-state index contributed by atoms with van der Waals surface area (Å²) in [5.41, 5.74) is 2.55. The minimum atomic E-state index is -0.692. The standard InChI is InChI=1S/C35H44N2O8/c1-7-26(25-20-31(42-4)33(44-6)32(21-25)43-5)34(38)37-18-9-8-12-27(37)35(39)45-28(24-11-10-17-36-22-24)15-13-23-14-16-29(40-2)30(19-23)41-3/h10-11,14,16-17,19-22,26-28H,7-9,12-13,15,18H2,1-6H3/t26-,27-,28?/m0/s1. The van der Waals surface area contributed by atoms with Crippen molar-refractivity contribution in [3.05, 3.63) is 71.5 Å². The zero-order chi connectivity index (χ0) is 32.3. The number of piperidine rings is 1. The number of benzene rings is 2. The van der Waals surface area contributed by atoms with E-state index in [1.54, 1.807) is 65.0 Å². The molecule has 0 aliphatic carbocycles. The topological polar surface area (TPSA) is 106 Å². The molecule has 1 fully saturated rings. The molecule has 0 N–H and O–H groups in total. The van der Waals surface area contributed by atoms with Crippen LogP contribution in [0.1, 0.15) is 67.7 Å². The first-order valence-electron chi connectivity index (χ1n) is 15.3. The zero-order valence-corrected chi connectivity index (χ0v) is 27.0. The molecule has 4 rings (SSSR count). The fourth-order valence-electron chi connectivity index (χ4n) is 5.91. The normalized spacial score (nSPS) is 15.9. The number of rotatable bonds is 14. The highest BCUT2D eigenvalue weighted by molar-refractivity contribution is 5.89. The lowest BCUT2D eigenvalue weighted by molar-refractivity contribution is -0.162. The number of nitrogens with zero attached hydrogens (tertiary/aromatic N) is 2. The van der Waals surface area contributed by atoms with Crippen LogP contribution in [0.2, 0.25) is 0 Å². The van der Waals surface area contributed by atoms with E-state index >= 15 is 0 Å². The molecule has 1 aliphatic rings. The van der Waals surface area contributed by atoms with Gasteiger partial charge >= 0.3 is 5.97 Å². The number of pyridine rings is 1. The van der Waals surface area contributed by atoms with Crippen molar-refractivity contribution in [2.75, 3.05) is 42.1 Å². The van der Waals surface area contributed by atoms with Crippen molar-refractivity contribution in [3.8, 4) is 28.7 Å². The summed E-state index contributed by atoms with van der Waals surface area (Å²) < 4.78 is 33.6. The number of carbonyl (C=O) groups excluding carboxylic acids is 2. The van der Waals surface area contributed by atoms with Gasteiger partial charge < -0.3 is 33.3 Å². The summed E-state index contributed by atoms with van der Waals surface area (Å²) in [5, 5.41) is 0. The minimum Gasteiger partial charge on any atom is -0.493 e. The molecule has 1 saturated heterocycles. The number of hydrogen-bond acceptors (Lipinski definition) is 9. The van der Waals surface area contributed by atoms with Gasteiger partial charge in [0.1, 0.15) is 12.1 Å². The van der Waals surface area contributed by atoms with Gasteiger partial charge in [0.2, 0.25) is 11.7 Å². The molecular weight excluding hydrogens is 576 g/mol. The Hall–Kier alpha value is -4.47. The van der Waals surface area contributed by atoms with E-state index in [1.165, 1.54) is 0 Å². The largest absolute Gasteiger partial charge is 0.493 e. The monoisotopic (exact) mass is 620 g/mol. The molecule has 10 heteroatoms. The first kappa shape index (κ1) is 33.4. The van der Waals surface area contributed by atoms with Gasteiger partial charge in [-0.25, -0.2) is 4.79 Å². The Morgan fingerprint density at radius 2 is 1.58 bits per heavy atom. The lowest BCUT2D eigenvalue weighted by Gasteiger charge is -2.37. The van der Waals surface area contributed by atoms with E-state index in [1.807, 2.05) is 37.3 Å². The van der Waals surface area contributed by atoms with E-state index in [2.05, 4.69) is 4.98 Å². The number of likely N-dealkylation sites (tertiary alicyclic amines) is 1. The van der Waals surface area contributed by atoms with Gasteiger partial charge in [-0.3, -0.25) is 9.78 Å². The zero-order valence-electron chi connectivity index (χ0n) is 27.0. The second kappa shape index (κ2) is 16.0. The molecule has 0 saturated carbocycles. The minimum absolute atomic E-state index is 0.128. The van der Waals surface area contributed by atoms with Crippen molar-refractivity contribution >= 4 is 11.9 Å². The SMILES string of the molecule is CC[C@H](C(=O)N1CCCC[C@H]1C(=O)OC(CCc1ccc(OC)c(OC)c1)c1cccnc1)c1cc(OC)c(OC)c(OC)c1. The van der Waals surface area contributed by atoms with E-state index in [4.69, 9.17) is 28.4 Å². The van der Waals surface area contributed by atoms with Crippen molar-refractivity contribution in [1.29, 1.82) is 0 Å². The number of ether oxygens (including phenoxy) is 6. The van der Waals surface area contributed by atoms with E-state index in [0.717, 1.165) is 29.5 Å². The molecule has 0 bridgehead atoms. The van der Waals surface area contributed by atoms with Crippen LogP contribution in [0.5, 0.6) is 28.7 Å². The number of hydrogen-bond donors (Lipinski definition) is 0.